The molecule has 1 aromatic carbocycles. The number of nitrogens with zero attached hydrogens (tertiary/aromatic N) is 1. The summed E-state index contributed by atoms with van der Waals surface area (Å²) in [7, 11) is 1.79. The number of rotatable bonds is 4. The third-order valence-corrected chi connectivity index (χ3v) is 2.27. The summed E-state index contributed by atoms with van der Waals surface area (Å²) in [6, 6.07) is 4.75. The summed E-state index contributed by atoms with van der Waals surface area (Å²) < 4.78 is 13.6. The molecule has 0 heterocycles. The molecule has 0 spiro atoms. The molecule has 0 saturated heterocycles. The van der Waals surface area contributed by atoms with E-state index in [4.69, 9.17) is 0 Å². The minimum atomic E-state index is -0.640. The second kappa shape index (κ2) is 4.94. The SMILES string of the molecule is C=CCN(C)c1ccc([C@H](C)O)cc1F. The number of likely N-dealkylation sites (N-methyl/N-ethyl adjacent to an activating group) is 1. The third-order valence-electron chi connectivity index (χ3n) is 2.27. The van der Waals surface area contributed by atoms with Crippen molar-refractivity contribution in [2.45, 2.75) is 13.0 Å². The van der Waals surface area contributed by atoms with Crippen molar-refractivity contribution in [3.8, 4) is 0 Å². The van der Waals surface area contributed by atoms with Gasteiger partial charge >= 0.3 is 0 Å². The first-order chi connectivity index (χ1) is 7.06. The van der Waals surface area contributed by atoms with Gasteiger partial charge in [0.1, 0.15) is 5.82 Å². The van der Waals surface area contributed by atoms with Gasteiger partial charge in [0.05, 0.1) is 11.8 Å². The highest BCUT2D eigenvalue weighted by Crippen LogP contribution is 2.22. The van der Waals surface area contributed by atoms with E-state index in [0.717, 1.165) is 0 Å². The molecule has 1 aromatic rings. The summed E-state index contributed by atoms with van der Waals surface area (Å²) in [6.45, 7) is 5.80. The fourth-order valence-corrected chi connectivity index (χ4v) is 1.38. The van der Waals surface area contributed by atoms with Gasteiger partial charge in [-0.2, -0.15) is 0 Å². The average molecular weight is 209 g/mol. The van der Waals surface area contributed by atoms with Gasteiger partial charge in [-0.05, 0) is 24.6 Å². The van der Waals surface area contributed by atoms with E-state index < -0.39 is 6.10 Å². The Morgan fingerprint density at radius 3 is 2.73 bits per heavy atom. The average Bonchev–Trinajstić information content (AvgIpc) is 2.17. The van der Waals surface area contributed by atoms with Crippen LogP contribution in [0.3, 0.4) is 0 Å². The Balaban J connectivity index is 2.97. The first kappa shape index (κ1) is 11.7. The molecular weight excluding hydrogens is 193 g/mol. The van der Waals surface area contributed by atoms with Crippen molar-refractivity contribution in [2.24, 2.45) is 0 Å². The van der Waals surface area contributed by atoms with E-state index in [-0.39, 0.29) is 5.82 Å². The molecule has 2 nitrogen and oxygen atoms in total. The first-order valence-electron chi connectivity index (χ1n) is 4.85. The summed E-state index contributed by atoms with van der Waals surface area (Å²) in [5.74, 6) is -0.322. The Labute approximate surface area is 89.7 Å². The summed E-state index contributed by atoms with van der Waals surface area (Å²) in [5, 5.41) is 9.28. The summed E-state index contributed by atoms with van der Waals surface area (Å²) in [6.07, 6.45) is 1.07. The minimum Gasteiger partial charge on any atom is -0.389 e. The fourth-order valence-electron chi connectivity index (χ4n) is 1.38. The van der Waals surface area contributed by atoms with Crippen molar-refractivity contribution in [3.05, 3.63) is 42.2 Å². The largest absolute Gasteiger partial charge is 0.389 e. The van der Waals surface area contributed by atoms with Crippen LogP contribution in [0.4, 0.5) is 10.1 Å². The molecule has 0 fully saturated rings. The van der Waals surface area contributed by atoms with Crippen LogP contribution in [0.2, 0.25) is 0 Å². The van der Waals surface area contributed by atoms with E-state index in [2.05, 4.69) is 6.58 Å². The van der Waals surface area contributed by atoms with Gasteiger partial charge in [0, 0.05) is 13.6 Å². The normalized spacial score (nSPS) is 12.3. The van der Waals surface area contributed by atoms with Crippen molar-refractivity contribution in [3.63, 3.8) is 0 Å². The molecule has 0 aliphatic rings. The van der Waals surface area contributed by atoms with Gasteiger partial charge in [0.2, 0.25) is 0 Å². The highest BCUT2D eigenvalue weighted by Gasteiger charge is 2.09. The first-order valence-corrected chi connectivity index (χ1v) is 4.85. The maximum absolute atomic E-state index is 13.6. The van der Waals surface area contributed by atoms with Crippen molar-refractivity contribution in [1.82, 2.24) is 0 Å². The molecule has 0 unspecified atom stereocenters. The number of hydrogen-bond donors (Lipinski definition) is 1. The molecule has 0 aliphatic carbocycles. The lowest BCUT2D eigenvalue weighted by Gasteiger charge is -2.18. The lowest BCUT2D eigenvalue weighted by molar-refractivity contribution is 0.199. The van der Waals surface area contributed by atoms with E-state index in [0.29, 0.717) is 17.8 Å². The zero-order chi connectivity index (χ0) is 11.4. The molecule has 1 atom stereocenters. The van der Waals surface area contributed by atoms with Crippen LogP contribution in [-0.2, 0) is 0 Å². The van der Waals surface area contributed by atoms with Crippen LogP contribution in [0.25, 0.3) is 0 Å². The van der Waals surface area contributed by atoms with Crippen molar-refractivity contribution in [1.29, 1.82) is 0 Å². The number of anilines is 1. The van der Waals surface area contributed by atoms with Crippen LogP contribution in [-0.4, -0.2) is 18.7 Å². The highest BCUT2D eigenvalue weighted by atomic mass is 19.1. The van der Waals surface area contributed by atoms with Gasteiger partial charge in [-0.1, -0.05) is 12.1 Å². The molecule has 0 radical (unpaired) electrons. The number of benzene rings is 1. The predicted octanol–water partition coefficient (Wildman–Crippen LogP) is 2.50. The Bertz CT molecular complexity index is 349. The summed E-state index contributed by atoms with van der Waals surface area (Å²) in [5.41, 5.74) is 1.10. The van der Waals surface area contributed by atoms with E-state index in [1.165, 1.54) is 6.07 Å². The smallest absolute Gasteiger partial charge is 0.146 e. The monoisotopic (exact) mass is 209 g/mol. The van der Waals surface area contributed by atoms with Gasteiger partial charge in [-0.15, -0.1) is 6.58 Å². The number of aliphatic hydroxyl groups is 1. The molecule has 0 aromatic heterocycles. The Hall–Kier alpha value is -1.35. The molecule has 82 valence electrons. The maximum atomic E-state index is 13.6. The quantitative estimate of drug-likeness (QED) is 0.770. The molecule has 1 N–H and O–H groups in total. The Kier molecular flexibility index (Phi) is 3.86. The van der Waals surface area contributed by atoms with E-state index in [9.17, 15) is 9.50 Å². The lowest BCUT2D eigenvalue weighted by Crippen LogP contribution is -2.18. The zero-order valence-electron chi connectivity index (χ0n) is 9.07. The standard InChI is InChI=1S/C12H16FNO/c1-4-7-14(3)12-6-5-10(9(2)15)8-11(12)13/h4-6,8-9,15H,1,7H2,2-3H3/t9-/m0/s1. The molecule has 0 aliphatic heterocycles. The molecule has 0 saturated carbocycles. The van der Waals surface area contributed by atoms with Gasteiger partial charge in [0.25, 0.3) is 0 Å². The van der Waals surface area contributed by atoms with Gasteiger partial charge in [-0.3, -0.25) is 0 Å². The molecule has 1 rings (SSSR count). The van der Waals surface area contributed by atoms with Gasteiger partial charge in [0.15, 0.2) is 0 Å². The number of hydrogen-bond acceptors (Lipinski definition) is 2. The van der Waals surface area contributed by atoms with E-state index >= 15 is 0 Å². The maximum Gasteiger partial charge on any atom is 0.146 e. The van der Waals surface area contributed by atoms with Crippen molar-refractivity contribution < 1.29 is 9.50 Å². The van der Waals surface area contributed by atoms with E-state index in [1.54, 1.807) is 37.1 Å². The topological polar surface area (TPSA) is 23.5 Å². The highest BCUT2D eigenvalue weighted by molar-refractivity contribution is 5.49. The van der Waals surface area contributed by atoms with Gasteiger partial charge in [-0.25, -0.2) is 4.39 Å². The summed E-state index contributed by atoms with van der Waals surface area (Å²) >= 11 is 0. The molecule has 0 amide bonds. The van der Waals surface area contributed by atoms with Gasteiger partial charge < -0.3 is 10.0 Å². The van der Waals surface area contributed by atoms with Crippen LogP contribution in [0.15, 0.2) is 30.9 Å². The van der Waals surface area contributed by atoms with Crippen LogP contribution in [0.5, 0.6) is 0 Å². The predicted molar refractivity (Wildman–Crippen MR) is 60.5 cm³/mol. The van der Waals surface area contributed by atoms with Crippen molar-refractivity contribution in [2.75, 3.05) is 18.5 Å². The van der Waals surface area contributed by atoms with Crippen LogP contribution >= 0.6 is 0 Å². The molecule has 0 bridgehead atoms. The van der Waals surface area contributed by atoms with Crippen LogP contribution in [0.1, 0.15) is 18.6 Å². The lowest BCUT2D eigenvalue weighted by atomic mass is 10.1. The second-order valence-electron chi connectivity index (χ2n) is 3.56. The Morgan fingerprint density at radius 1 is 1.60 bits per heavy atom. The fraction of sp³-hybridized carbons (Fsp3) is 0.333. The minimum absolute atomic E-state index is 0.322. The molecular formula is C12H16FNO. The van der Waals surface area contributed by atoms with Crippen LogP contribution in [0, 0.1) is 5.82 Å². The second-order valence-corrected chi connectivity index (χ2v) is 3.56. The summed E-state index contributed by atoms with van der Waals surface area (Å²) in [4.78, 5) is 1.76. The number of halogens is 1. The third kappa shape index (κ3) is 2.80. The van der Waals surface area contributed by atoms with Crippen molar-refractivity contribution >= 4 is 5.69 Å². The van der Waals surface area contributed by atoms with E-state index in [1.807, 2.05) is 0 Å². The number of aliphatic hydroxyl groups excluding tert-OH is 1. The Morgan fingerprint density at radius 2 is 2.27 bits per heavy atom. The molecule has 3 heteroatoms. The zero-order valence-corrected chi connectivity index (χ0v) is 9.07. The van der Waals surface area contributed by atoms with Crippen LogP contribution < -0.4 is 4.90 Å². The molecule has 15 heavy (non-hydrogen) atoms.